The lowest BCUT2D eigenvalue weighted by atomic mass is 9.95. The summed E-state index contributed by atoms with van der Waals surface area (Å²) in [6.07, 6.45) is 0.127. The minimum Gasteiger partial charge on any atom is -0.380 e. The second-order valence-corrected chi connectivity index (χ2v) is 11.0. The highest BCUT2D eigenvalue weighted by Crippen LogP contribution is 2.24. The zero-order valence-electron chi connectivity index (χ0n) is 20.3. The van der Waals surface area contributed by atoms with Crippen molar-refractivity contribution in [3.8, 4) is 0 Å². The third-order valence-electron chi connectivity index (χ3n) is 4.82. The Hall–Kier alpha value is -1.87. The standard InChI is InChI=1S/C19H24O5Si.C6H14O/c1-22-25(23-2,24-3)14-13-15-9-7-8-12-17(15)19(21)18(20)16-10-5-4-6-11-16;1-5(2)7-6(3)4/h4-12,18,20H,13-14H2,1-3H3;5-6H,1-4H3. The molecule has 0 saturated carbocycles. The zero-order valence-corrected chi connectivity index (χ0v) is 21.3. The number of aliphatic hydroxyl groups excluding tert-OH is 1. The molecule has 0 aliphatic heterocycles. The highest BCUT2D eigenvalue weighted by atomic mass is 28.4. The summed E-state index contributed by atoms with van der Waals surface area (Å²) >= 11 is 0. The van der Waals surface area contributed by atoms with Gasteiger partial charge in [0.1, 0.15) is 6.10 Å². The van der Waals surface area contributed by atoms with Gasteiger partial charge in [0, 0.05) is 32.9 Å². The topological polar surface area (TPSA) is 74.2 Å². The third kappa shape index (κ3) is 8.94. The predicted molar refractivity (Wildman–Crippen MR) is 129 cm³/mol. The fourth-order valence-electron chi connectivity index (χ4n) is 3.30. The Balaban J connectivity index is 0.000000633. The monoisotopic (exact) mass is 462 g/mol. The number of carbonyl (C=O) groups is 1. The molecule has 0 aromatic heterocycles. The van der Waals surface area contributed by atoms with Crippen LogP contribution in [-0.2, 0) is 24.4 Å². The first-order valence-corrected chi connectivity index (χ1v) is 12.8. The van der Waals surface area contributed by atoms with Crippen molar-refractivity contribution < 1.29 is 27.9 Å². The molecule has 0 bridgehead atoms. The number of hydrogen-bond acceptors (Lipinski definition) is 6. The van der Waals surface area contributed by atoms with Crippen LogP contribution in [0.25, 0.3) is 0 Å². The number of hydrogen-bond donors (Lipinski definition) is 1. The lowest BCUT2D eigenvalue weighted by Crippen LogP contribution is -2.43. The van der Waals surface area contributed by atoms with Gasteiger partial charge in [-0.3, -0.25) is 4.79 Å². The summed E-state index contributed by atoms with van der Waals surface area (Å²) < 4.78 is 21.6. The van der Waals surface area contributed by atoms with E-state index >= 15 is 0 Å². The van der Waals surface area contributed by atoms with Crippen molar-refractivity contribution in [1.29, 1.82) is 0 Å². The molecule has 178 valence electrons. The van der Waals surface area contributed by atoms with Crippen molar-refractivity contribution in [2.24, 2.45) is 0 Å². The summed E-state index contributed by atoms with van der Waals surface area (Å²) in [7, 11) is 1.97. The molecule has 0 fully saturated rings. The fourth-order valence-corrected chi connectivity index (χ4v) is 4.99. The predicted octanol–water partition coefficient (Wildman–Crippen LogP) is 4.84. The number of rotatable bonds is 11. The van der Waals surface area contributed by atoms with Crippen LogP contribution in [0.15, 0.2) is 54.6 Å². The molecule has 0 aliphatic rings. The Labute approximate surface area is 193 Å². The van der Waals surface area contributed by atoms with Gasteiger partial charge in [0.15, 0.2) is 5.78 Å². The van der Waals surface area contributed by atoms with Crippen molar-refractivity contribution in [3.05, 3.63) is 71.3 Å². The smallest absolute Gasteiger partial charge is 0.380 e. The molecule has 0 heterocycles. The number of carbonyl (C=O) groups excluding carboxylic acids is 1. The summed E-state index contributed by atoms with van der Waals surface area (Å²) in [5.41, 5.74) is 1.92. The van der Waals surface area contributed by atoms with Gasteiger partial charge in [-0.1, -0.05) is 54.6 Å². The second-order valence-electron chi connectivity index (χ2n) is 7.86. The summed E-state index contributed by atoms with van der Waals surface area (Å²) in [5.74, 6) is -0.318. The van der Waals surface area contributed by atoms with Crippen LogP contribution in [0.1, 0.15) is 55.3 Å². The van der Waals surface area contributed by atoms with Gasteiger partial charge < -0.3 is 23.1 Å². The summed E-state index contributed by atoms with van der Waals surface area (Å²) in [4.78, 5) is 12.8. The van der Waals surface area contributed by atoms with Gasteiger partial charge in [0.05, 0.1) is 12.2 Å². The van der Waals surface area contributed by atoms with Crippen molar-refractivity contribution in [1.82, 2.24) is 0 Å². The second kappa shape index (κ2) is 14.3. The van der Waals surface area contributed by atoms with Crippen LogP contribution in [0.5, 0.6) is 0 Å². The van der Waals surface area contributed by atoms with E-state index in [1.165, 1.54) is 0 Å². The number of benzene rings is 2. The third-order valence-corrected chi connectivity index (χ3v) is 7.55. The highest BCUT2D eigenvalue weighted by Gasteiger charge is 2.37. The van der Waals surface area contributed by atoms with E-state index in [9.17, 15) is 9.90 Å². The SMILES string of the molecule is CC(C)OC(C)C.CO[Si](CCc1ccccc1C(=O)C(O)c1ccccc1)(OC)OC. The number of ketones is 1. The Bertz CT molecular complexity index is 776. The van der Waals surface area contributed by atoms with E-state index in [1.54, 1.807) is 57.7 Å². The number of aliphatic hydroxyl groups is 1. The molecule has 32 heavy (non-hydrogen) atoms. The van der Waals surface area contributed by atoms with Crippen molar-refractivity contribution >= 4 is 14.6 Å². The molecule has 0 aliphatic carbocycles. The van der Waals surface area contributed by atoms with E-state index in [-0.39, 0.29) is 5.78 Å². The van der Waals surface area contributed by atoms with Gasteiger partial charge in [0.25, 0.3) is 0 Å². The van der Waals surface area contributed by atoms with Gasteiger partial charge in [-0.2, -0.15) is 0 Å². The molecular formula is C25H38O6Si. The molecule has 0 spiro atoms. The molecular weight excluding hydrogens is 424 g/mol. The Morgan fingerprint density at radius 1 is 0.844 bits per heavy atom. The summed E-state index contributed by atoms with van der Waals surface area (Å²) in [6, 6.07) is 16.7. The first-order chi connectivity index (χ1) is 15.2. The normalized spacial score (nSPS) is 12.4. The Kier molecular flexibility index (Phi) is 12.6. The largest absolute Gasteiger partial charge is 0.500 e. The maximum absolute atomic E-state index is 12.8. The zero-order chi connectivity index (χ0) is 24.1. The van der Waals surface area contributed by atoms with Gasteiger partial charge in [-0.15, -0.1) is 0 Å². The van der Waals surface area contributed by atoms with Crippen molar-refractivity contribution in [2.75, 3.05) is 21.3 Å². The first kappa shape index (κ1) is 28.2. The molecule has 1 unspecified atom stereocenters. The van der Waals surface area contributed by atoms with Crippen molar-refractivity contribution in [2.45, 2.75) is 58.5 Å². The average molecular weight is 463 g/mol. The van der Waals surface area contributed by atoms with Gasteiger partial charge in [0.2, 0.25) is 0 Å². The van der Waals surface area contributed by atoms with Crippen LogP contribution < -0.4 is 0 Å². The van der Waals surface area contributed by atoms with E-state index < -0.39 is 14.9 Å². The Morgan fingerprint density at radius 3 is 1.81 bits per heavy atom. The molecule has 2 rings (SSSR count). The summed E-state index contributed by atoms with van der Waals surface area (Å²) in [5, 5.41) is 10.4. The van der Waals surface area contributed by atoms with Gasteiger partial charge >= 0.3 is 8.80 Å². The van der Waals surface area contributed by atoms with Crippen LogP contribution in [-0.4, -0.2) is 53.2 Å². The molecule has 0 radical (unpaired) electrons. The lowest BCUT2D eigenvalue weighted by molar-refractivity contribution is 0.0300. The van der Waals surface area contributed by atoms with Gasteiger partial charge in [-0.25, -0.2) is 0 Å². The molecule has 2 aromatic carbocycles. The van der Waals surface area contributed by atoms with Crippen LogP contribution in [0.2, 0.25) is 6.04 Å². The quantitative estimate of drug-likeness (QED) is 0.380. The molecule has 7 heteroatoms. The molecule has 0 amide bonds. The maximum Gasteiger partial charge on any atom is 0.500 e. The van der Waals surface area contributed by atoms with Crippen LogP contribution in [0.3, 0.4) is 0 Å². The first-order valence-electron chi connectivity index (χ1n) is 10.9. The van der Waals surface area contributed by atoms with E-state index in [2.05, 4.69) is 0 Å². The number of aryl methyl sites for hydroxylation is 1. The molecule has 1 atom stereocenters. The summed E-state index contributed by atoms with van der Waals surface area (Å²) in [6.45, 7) is 8.17. The van der Waals surface area contributed by atoms with E-state index in [0.29, 0.717) is 35.8 Å². The van der Waals surface area contributed by atoms with E-state index in [0.717, 1.165) is 5.56 Å². The van der Waals surface area contributed by atoms with Gasteiger partial charge in [-0.05, 0) is 45.2 Å². The lowest BCUT2D eigenvalue weighted by Gasteiger charge is -2.24. The fraction of sp³-hybridized carbons (Fsp3) is 0.480. The number of Topliss-reactive ketones (excluding diaryl/α,β-unsaturated/α-hetero) is 1. The minimum absolute atomic E-state index is 0.318. The highest BCUT2D eigenvalue weighted by molar-refractivity contribution is 6.60. The van der Waals surface area contributed by atoms with E-state index in [4.69, 9.17) is 18.0 Å². The minimum atomic E-state index is -2.72. The molecule has 6 nitrogen and oxygen atoms in total. The molecule has 1 N–H and O–H groups in total. The maximum atomic E-state index is 12.8. The molecule has 2 aromatic rings. The van der Waals surface area contributed by atoms with Crippen LogP contribution in [0, 0.1) is 0 Å². The van der Waals surface area contributed by atoms with Crippen molar-refractivity contribution in [3.63, 3.8) is 0 Å². The van der Waals surface area contributed by atoms with Crippen LogP contribution in [0.4, 0.5) is 0 Å². The van der Waals surface area contributed by atoms with E-state index in [1.807, 2.05) is 45.9 Å². The number of ether oxygens (including phenoxy) is 1. The molecule has 0 saturated heterocycles. The van der Waals surface area contributed by atoms with Crippen LogP contribution >= 0.6 is 0 Å². The Morgan fingerprint density at radius 2 is 1.34 bits per heavy atom. The average Bonchev–Trinajstić information content (AvgIpc) is 2.80.